The summed E-state index contributed by atoms with van der Waals surface area (Å²) in [5.41, 5.74) is 0.273. The zero-order valence-electron chi connectivity index (χ0n) is 12.4. The Morgan fingerprint density at radius 1 is 1.04 bits per heavy atom. The highest BCUT2D eigenvalue weighted by Crippen LogP contribution is 2.22. The first-order valence-electron chi connectivity index (χ1n) is 6.72. The van der Waals surface area contributed by atoms with Gasteiger partial charge in [-0.2, -0.15) is 0 Å². The summed E-state index contributed by atoms with van der Waals surface area (Å²) in [4.78, 5) is 12.0. The second-order valence-corrected chi connectivity index (χ2v) is 7.13. The topological polar surface area (TPSA) is 69.7 Å². The molecule has 0 heterocycles. The van der Waals surface area contributed by atoms with Crippen LogP contribution in [0, 0.1) is 0 Å². The van der Waals surface area contributed by atoms with E-state index in [0.717, 1.165) is 6.26 Å². The van der Waals surface area contributed by atoms with Crippen LogP contribution in [0.2, 0.25) is 5.02 Å². The molecule has 0 radical (unpaired) electrons. The first-order valence-corrected chi connectivity index (χ1v) is 8.99. The fourth-order valence-electron chi connectivity index (χ4n) is 1.77. The van der Waals surface area contributed by atoms with Gasteiger partial charge in [-0.15, -0.1) is 0 Å². The van der Waals surface area contributed by atoms with Gasteiger partial charge in [-0.05, 0) is 36.4 Å². The van der Waals surface area contributed by atoms with E-state index in [2.05, 4.69) is 0 Å². The van der Waals surface area contributed by atoms with Gasteiger partial charge in [-0.25, -0.2) is 13.2 Å². The molecule has 122 valence electrons. The summed E-state index contributed by atoms with van der Waals surface area (Å²) in [5.74, 6) is -0.0319. The van der Waals surface area contributed by atoms with Crippen molar-refractivity contribution < 1.29 is 22.7 Å². The van der Waals surface area contributed by atoms with E-state index < -0.39 is 15.8 Å². The van der Waals surface area contributed by atoms with Crippen LogP contribution in [0.3, 0.4) is 0 Å². The number of halogens is 1. The van der Waals surface area contributed by atoms with Crippen LogP contribution in [0.25, 0.3) is 0 Å². The highest BCUT2D eigenvalue weighted by Gasteiger charge is 2.11. The number of hydrogen-bond donors (Lipinski definition) is 0. The molecule has 0 saturated heterocycles. The summed E-state index contributed by atoms with van der Waals surface area (Å²) in [6.07, 6.45) is 1.10. The zero-order chi connectivity index (χ0) is 16.9. The van der Waals surface area contributed by atoms with Gasteiger partial charge < -0.3 is 9.47 Å². The van der Waals surface area contributed by atoms with E-state index in [4.69, 9.17) is 21.1 Å². The highest BCUT2D eigenvalue weighted by atomic mass is 35.5. The molecule has 0 aliphatic carbocycles. The Hall–Kier alpha value is -2.05. The van der Waals surface area contributed by atoms with Gasteiger partial charge in [0.25, 0.3) is 0 Å². The summed E-state index contributed by atoms with van der Waals surface area (Å²) in [6, 6.07) is 12.5. The SMILES string of the molecule is CS(=O)(=O)c1ccc(C(=O)OCCOc2ccccc2Cl)cc1. The fraction of sp³-hybridized carbons (Fsp3) is 0.188. The van der Waals surface area contributed by atoms with Crippen molar-refractivity contribution >= 4 is 27.4 Å². The van der Waals surface area contributed by atoms with Crippen LogP contribution < -0.4 is 4.74 Å². The van der Waals surface area contributed by atoms with Gasteiger partial charge >= 0.3 is 5.97 Å². The molecule has 0 N–H and O–H groups in total. The van der Waals surface area contributed by atoms with E-state index in [-0.39, 0.29) is 23.7 Å². The lowest BCUT2D eigenvalue weighted by molar-refractivity contribution is 0.0450. The largest absolute Gasteiger partial charge is 0.488 e. The number of carbonyl (C=O) groups excluding carboxylic acids is 1. The maximum absolute atomic E-state index is 11.8. The Morgan fingerprint density at radius 3 is 2.30 bits per heavy atom. The van der Waals surface area contributed by atoms with Crippen molar-refractivity contribution in [2.45, 2.75) is 4.90 Å². The van der Waals surface area contributed by atoms with Gasteiger partial charge in [0.2, 0.25) is 0 Å². The van der Waals surface area contributed by atoms with Gasteiger partial charge in [0.1, 0.15) is 19.0 Å². The van der Waals surface area contributed by atoms with Crippen LogP contribution >= 0.6 is 11.6 Å². The number of benzene rings is 2. The van der Waals surface area contributed by atoms with Crippen LogP contribution in [-0.4, -0.2) is 33.9 Å². The van der Waals surface area contributed by atoms with Crippen LogP contribution in [0.4, 0.5) is 0 Å². The average molecular weight is 355 g/mol. The van der Waals surface area contributed by atoms with Crippen molar-refractivity contribution in [2.24, 2.45) is 0 Å². The molecule has 0 saturated carbocycles. The molecule has 5 nitrogen and oxygen atoms in total. The molecule has 2 aromatic carbocycles. The highest BCUT2D eigenvalue weighted by molar-refractivity contribution is 7.90. The third kappa shape index (κ3) is 4.97. The Bertz CT molecular complexity index is 784. The number of para-hydroxylation sites is 1. The summed E-state index contributed by atoms with van der Waals surface area (Å²) >= 11 is 5.93. The third-order valence-electron chi connectivity index (χ3n) is 2.93. The van der Waals surface area contributed by atoms with E-state index in [1.165, 1.54) is 24.3 Å². The standard InChI is InChI=1S/C16H15ClO5S/c1-23(19,20)13-8-6-12(7-9-13)16(18)22-11-10-21-15-5-3-2-4-14(15)17/h2-9H,10-11H2,1H3. The minimum Gasteiger partial charge on any atom is -0.488 e. The quantitative estimate of drug-likeness (QED) is 0.589. The fourth-order valence-corrected chi connectivity index (χ4v) is 2.59. The molecule has 2 rings (SSSR count). The molecule has 0 aromatic heterocycles. The predicted molar refractivity (Wildman–Crippen MR) is 86.8 cm³/mol. The minimum atomic E-state index is -3.29. The summed E-state index contributed by atoms with van der Waals surface area (Å²) in [5, 5.41) is 0.482. The lowest BCUT2D eigenvalue weighted by Gasteiger charge is -2.08. The molecule has 0 bridgehead atoms. The lowest BCUT2D eigenvalue weighted by Crippen LogP contribution is -2.12. The maximum atomic E-state index is 11.8. The number of sulfone groups is 1. The normalized spacial score (nSPS) is 11.0. The maximum Gasteiger partial charge on any atom is 0.338 e. The first-order chi connectivity index (χ1) is 10.9. The molecule has 23 heavy (non-hydrogen) atoms. The van der Waals surface area contributed by atoms with Gasteiger partial charge in [0.05, 0.1) is 15.5 Å². The number of carbonyl (C=O) groups is 1. The van der Waals surface area contributed by atoms with Crippen molar-refractivity contribution in [3.8, 4) is 5.75 Å². The van der Waals surface area contributed by atoms with Gasteiger partial charge in [-0.3, -0.25) is 0 Å². The second-order valence-electron chi connectivity index (χ2n) is 4.71. The summed E-state index contributed by atoms with van der Waals surface area (Å²) in [7, 11) is -3.29. The summed E-state index contributed by atoms with van der Waals surface area (Å²) in [6.45, 7) is 0.217. The number of esters is 1. The van der Waals surface area contributed by atoms with Gasteiger partial charge in [-0.1, -0.05) is 23.7 Å². The molecule has 0 spiro atoms. The Labute approximate surface area is 139 Å². The van der Waals surface area contributed by atoms with E-state index in [1.807, 2.05) is 0 Å². The third-order valence-corrected chi connectivity index (χ3v) is 4.37. The molecule has 0 aliphatic heterocycles. The molecule has 2 aromatic rings. The first kappa shape index (κ1) is 17.3. The van der Waals surface area contributed by atoms with Gasteiger partial charge in [0.15, 0.2) is 9.84 Å². The second kappa shape index (κ2) is 7.48. The molecule has 0 atom stereocenters. The Kier molecular flexibility index (Phi) is 5.63. The molecule has 7 heteroatoms. The van der Waals surface area contributed by atoms with Crippen LogP contribution in [0.5, 0.6) is 5.75 Å². The van der Waals surface area contributed by atoms with Crippen molar-refractivity contribution in [2.75, 3.05) is 19.5 Å². The Morgan fingerprint density at radius 2 is 1.70 bits per heavy atom. The van der Waals surface area contributed by atoms with Crippen molar-refractivity contribution in [1.29, 1.82) is 0 Å². The number of ether oxygens (including phenoxy) is 2. The molecule has 0 amide bonds. The van der Waals surface area contributed by atoms with E-state index >= 15 is 0 Å². The monoisotopic (exact) mass is 354 g/mol. The van der Waals surface area contributed by atoms with E-state index in [9.17, 15) is 13.2 Å². The van der Waals surface area contributed by atoms with Crippen LogP contribution in [0.1, 0.15) is 10.4 Å². The lowest BCUT2D eigenvalue weighted by atomic mass is 10.2. The predicted octanol–water partition coefficient (Wildman–Crippen LogP) is 2.98. The summed E-state index contributed by atoms with van der Waals surface area (Å²) < 4.78 is 33.1. The van der Waals surface area contributed by atoms with Crippen molar-refractivity contribution in [3.05, 3.63) is 59.1 Å². The molecule has 0 fully saturated rings. The van der Waals surface area contributed by atoms with Gasteiger partial charge in [0, 0.05) is 6.26 Å². The molecular formula is C16H15ClO5S. The number of rotatable bonds is 6. The average Bonchev–Trinajstić information content (AvgIpc) is 2.52. The Balaban J connectivity index is 1.84. The van der Waals surface area contributed by atoms with Crippen molar-refractivity contribution in [1.82, 2.24) is 0 Å². The molecule has 0 unspecified atom stereocenters. The van der Waals surface area contributed by atoms with E-state index in [0.29, 0.717) is 10.8 Å². The van der Waals surface area contributed by atoms with Crippen LogP contribution in [0.15, 0.2) is 53.4 Å². The van der Waals surface area contributed by atoms with E-state index in [1.54, 1.807) is 24.3 Å². The molecular weight excluding hydrogens is 340 g/mol. The number of hydrogen-bond acceptors (Lipinski definition) is 5. The van der Waals surface area contributed by atoms with Crippen molar-refractivity contribution in [3.63, 3.8) is 0 Å². The smallest absolute Gasteiger partial charge is 0.338 e. The van der Waals surface area contributed by atoms with Crippen LogP contribution in [-0.2, 0) is 14.6 Å². The molecule has 0 aliphatic rings. The minimum absolute atomic E-state index is 0.0535. The zero-order valence-corrected chi connectivity index (χ0v) is 13.9.